The van der Waals surface area contributed by atoms with Gasteiger partial charge in [0.15, 0.2) is 0 Å². The predicted octanol–water partition coefficient (Wildman–Crippen LogP) is 3.25. The smallest absolute Gasteiger partial charge is 0.224 e. The highest BCUT2D eigenvalue weighted by Gasteiger charge is 2.32. The summed E-state index contributed by atoms with van der Waals surface area (Å²) in [6.07, 6.45) is 4.67. The molecule has 150 valence electrons. The molecule has 1 saturated heterocycles. The summed E-state index contributed by atoms with van der Waals surface area (Å²) in [4.78, 5) is 16.5. The zero-order valence-corrected chi connectivity index (χ0v) is 17.5. The van der Waals surface area contributed by atoms with E-state index in [1.807, 2.05) is 6.07 Å². The average molecular weight is 442 g/mol. The van der Waals surface area contributed by atoms with E-state index in [9.17, 15) is 13.2 Å². The van der Waals surface area contributed by atoms with Crippen LogP contribution in [0.5, 0.6) is 0 Å². The van der Waals surface area contributed by atoms with Crippen LogP contribution in [0.4, 0.5) is 0 Å². The van der Waals surface area contributed by atoms with Gasteiger partial charge in [0.05, 0.1) is 21.7 Å². The Kier molecular flexibility index (Phi) is 6.93. The standard InChI is InChI=1S/C19H21Cl2N3O3S/c20-17-6-5-14(9-18(17)21)13-28(26,27)24-8-2-4-16(12-24)19(25)23-11-15-3-1-7-22-10-15/h1,3,5-7,9-10,16H,2,4,8,11-13H2,(H,23,25). The van der Waals surface area contributed by atoms with E-state index in [-0.39, 0.29) is 24.1 Å². The van der Waals surface area contributed by atoms with Crippen molar-refractivity contribution in [1.29, 1.82) is 0 Å². The van der Waals surface area contributed by atoms with Crippen molar-refractivity contribution in [3.63, 3.8) is 0 Å². The first-order valence-electron chi connectivity index (χ1n) is 8.93. The van der Waals surface area contributed by atoms with Gasteiger partial charge < -0.3 is 5.32 Å². The molecule has 0 spiro atoms. The van der Waals surface area contributed by atoms with Crippen LogP contribution < -0.4 is 5.32 Å². The Balaban J connectivity index is 1.61. The highest BCUT2D eigenvalue weighted by Crippen LogP contribution is 2.26. The largest absolute Gasteiger partial charge is 0.352 e. The van der Waals surface area contributed by atoms with E-state index >= 15 is 0 Å². The third-order valence-corrected chi connectivity index (χ3v) is 7.23. The first-order chi connectivity index (χ1) is 13.3. The van der Waals surface area contributed by atoms with E-state index in [2.05, 4.69) is 10.3 Å². The Labute approximate surface area is 174 Å². The van der Waals surface area contributed by atoms with Crippen molar-refractivity contribution >= 4 is 39.1 Å². The molecular weight excluding hydrogens is 421 g/mol. The first kappa shape index (κ1) is 21.0. The number of sulfonamides is 1. The number of hydrogen-bond acceptors (Lipinski definition) is 4. The molecule has 1 N–H and O–H groups in total. The summed E-state index contributed by atoms with van der Waals surface area (Å²) in [5.41, 5.74) is 1.47. The van der Waals surface area contributed by atoms with Crippen molar-refractivity contribution in [2.24, 2.45) is 5.92 Å². The van der Waals surface area contributed by atoms with Gasteiger partial charge in [-0.3, -0.25) is 9.78 Å². The minimum absolute atomic E-state index is 0.140. The third kappa shape index (κ3) is 5.44. The Bertz CT molecular complexity index is 939. The number of amides is 1. The Hall–Kier alpha value is -1.67. The quantitative estimate of drug-likeness (QED) is 0.745. The molecule has 1 amide bonds. The van der Waals surface area contributed by atoms with Gasteiger partial charge in [-0.25, -0.2) is 12.7 Å². The molecule has 1 aromatic heterocycles. The molecule has 6 nitrogen and oxygen atoms in total. The number of nitrogens with one attached hydrogen (secondary N) is 1. The number of rotatable bonds is 6. The normalized spacial score (nSPS) is 18.0. The summed E-state index contributed by atoms with van der Waals surface area (Å²) < 4.78 is 27.0. The van der Waals surface area contributed by atoms with Gasteiger partial charge in [0.1, 0.15) is 0 Å². The van der Waals surface area contributed by atoms with Crippen LogP contribution in [-0.2, 0) is 27.1 Å². The van der Waals surface area contributed by atoms with Crippen LogP contribution in [0.3, 0.4) is 0 Å². The zero-order valence-electron chi connectivity index (χ0n) is 15.1. The van der Waals surface area contributed by atoms with Crippen molar-refractivity contribution in [2.45, 2.75) is 25.1 Å². The van der Waals surface area contributed by atoms with Crippen LogP contribution in [0.2, 0.25) is 10.0 Å². The maximum absolute atomic E-state index is 12.8. The van der Waals surface area contributed by atoms with Gasteiger partial charge in [-0.1, -0.05) is 35.3 Å². The first-order valence-corrected chi connectivity index (χ1v) is 11.3. The van der Waals surface area contributed by atoms with Crippen LogP contribution in [-0.4, -0.2) is 36.7 Å². The predicted molar refractivity (Wildman–Crippen MR) is 109 cm³/mol. The number of halogens is 2. The second-order valence-electron chi connectivity index (χ2n) is 6.78. The van der Waals surface area contributed by atoms with Gasteiger partial charge in [0, 0.05) is 32.0 Å². The zero-order chi connectivity index (χ0) is 20.1. The minimum Gasteiger partial charge on any atom is -0.352 e. The summed E-state index contributed by atoms with van der Waals surface area (Å²) >= 11 is 11.9. The van der Waals surface area contributed by atoms with Crippen molar-refractivity contribution in [1.82, 2.24) is 14.6 Å². The number of hydrogen-bond donors (Lipinski definition) is 1. The fraction of sp³-hybridized carbons (Fsp3) is 0.368. The lowest BCUT2D eigenvalue weighted by Crippen LogP contribution is -2.45. The van der Waals surface area contributed by atoms with Crippen molar-refractivity contribution in [2.75, 3.05) is 13.1 Å². The SMILES string of the molecule is O=C(NCc1cccnc1)C1CCCN(S(=O)(=O)Cc2ccc(Cl)c(Cl)c2)C1. The Morgan fingerprint density at radius 1 is 1.21 bits per heavy atom. The number of carbonyl (C=O) groups excluding carboxylic acids is 1. The molecule has 1 aliphatic heterocycles. The molecule has 0 saturated carbocycles. The van der Waals surface area contributed by atoms with Crippen LogP contribution in [0, 0.1) is 5.92 Å². The van der Waals surface area contributed by atoms with E-state index in [1.54, 1.807) is 36.7 Å². The third-order valence-electron chi connectivity index (χ3n) is 4.67. The maximum Gasteiger partial charge on any atom is 0.224 e. The number of aromatic nitrogens is 1. The molecule has 2 aromatic rings. The molecule has 1 fully saturated rings. The fourth-order valence-electron chi connectivity index (χ4n) is 3.18. The minimum atomic E-state index is -3.56. The molecule has 1 atom stereocenters. The van der Waals surface area contributed by atoms with Gasteiger partial charge in [-0.05, 0) is 42.2 Å². The monoisotopic (exact) mass is 441 g/mol. The lowest BCUT2D eigenvalue weighted by atomic mass is 9.99. The van der Waals surface area contributed by atoms with Crippen molar-refractivity contribution in [3.8, 4) is 0 Å². The van der Waals surface area contributed by atoms with E-state index in [1.165, 1.54) is 4.31 Å². The van der Waals surface area contributed by atoms with Crippen LogP contribution in [0.25, 0.3) is 0 Å². The lowest BCUT2D eigenvalue weighted by molar-refractivity contribution is -0.126. The molecule has 28 heavy (non-hydrogen) atoms. The van der Waals surface area contributed by atoms with Gasteiger partial charge >= 0.3 is 0 Å². The van der Waals surface area contributed by atoms with E-state index in [4.69, 9.17) is 23.2 Å². The van der Waals surface area contributed by atoms with Gasteiger partial charge in [0.2, 0.25) is 15.9 Å². The topological polar surface area (TPSA) is 79.4 Å². The second kappa shape index (κ2) is 9.22. The molecule has 9 heteroatoms. The highest BCUT2D eigenvalue weighted by molar-refractivity contribution is 7.88. The van der Waals surface area contributed by atoms with Gasteiger partial charge in [0.25, 0.3) is 0 Å². The maximum atomic E-state index is 12.8. The van der Waals surface area contributed by atoms with Crippen LogP contribution in [0.1, 0.15) is 24.0 Å². The summed E-state index contributed by atoms with van der Waals surface area (Å²) in [6.45, 7) is 0.970. The van der Waals surface area contributed by atoms with E-state index in [0.29, 0.717) is 41.5 Å². The fourth-order valence-corrected chi connectivity index (χ4v) is 5.10. The molecule has 0 bridgehead atoms. The Morgan fingerprint density at radius 2 is 2.04 bits per heavy atom. The lowest BCUT2D eigenvalue weighted by Gasteiger charge is -2.31. The molecule has 0 aliphatic carbocycles. The van der Waals surface area contributed by atoms with Gasteiger partial charge in [-0.15, -0.1) is 0 Å². The summed E-state index contributed by atoms with van der Waals surface area (Å²) in [5, 5.41) is 3.57. The summed E-state index contributed by atoms with van der Waals surface area (Å²) in [6, 6.07) is 8.47. The molecule has 1 aliphatic rings. The van der Waals surface area contributed by atoms with Crippen molar-refractivity contribution < 1.29 is 13.2 Å². The number of piperidine rings is 1. The average Bonchev–Trinajstić information content (AvgIpc) is 2.69. The summed E-state index contributed by atoms with van der Waals surface area (Å²) in [5.74, 6) is -0.680. The number of pyridine rings is 1. The molecular formula is C19H21Cl2N3O3S. The Morgan fingerprint density at radius 3 is 2.75 bits per heavy atom. The molecule has 0 radical (unpaired) electrons. The number of carbonyl (C=O) groups is 1. The highest BCUT2D eigenvalue weighted by atomic mass is 35.5. The number of nitrogens with zero attached hydrogens (tertiary/aromatic N) is 2. The van der Waals surface area contributed by atoms with Crippen LogP contribution >= 0.6 is 23.2 Å². The van der Waals surface area contributed by atoms with E-state index < -0.39 is 10.0 Å². The number of benzene rings is 1. The van der Waals surface area contributed by atoms with Crippen LogP contribution in [0.15, 0.2) is 42.7 Å². The van der Waals surface area contributed by atoms with Gasteiger partial charge in [-0.2, -0.15) is 0 Å². The molecule has 2 heterocycles. The van der Waals surface area contributed by atoms with Crippen molar-refractivity contribution in [3.05, 3.63) is 63.9 Å². The molecule has 1 aromatic carbocycles. The summed E-state index contributed by atoms with van der Waals surface area (Å²) in [7, 11) is -3.56. The molecule has 1 unspecified atom stereocenters. The van der Waals surface area contributed by atoms with E-state index in [0.717, 1.165) is 5.56 Å². The second-order valence-corrected chi connectivity index (χ2v) is 9.56. The molecule has 3 rings (SSSR count).